The van der Waals surface area contributed by atoms with E-state index in [4.69, 9.17) is 9.31 Å². The summed E-state index contributed by atoms with van der Waals surface area (Å²) >= 11 is 0. The van der Waals surface area contributed by atoms with Crippen molar-refractivity contribution in [1.82, 2.24) is 15.3 Å². The normalized spacial score (nSPS) is 17.4. The first-order valence-electron chi connectivity index (χ1n) is 11.4. The van der Waals surface area contributed by atoms with Gasteiger partial charge in [0.15, 0.2) is 11.9 Å². The van der Waals surface area contributed by atoms with E-state index >= 15 is 0 Å². The van der Waals surface area contributed by atoms with Crippen molar-refractivity contribution >= 4 is 30.7 Å². The van der Waals surface area contributed by atoms with Gasteiger partial charge >= 0.3 is 13.1 Å². The molecule has 1 aliphatic heterocycles. The molecule has 2 heterocycles. The molecular formula is C24H28BN3O7. The molecule has 184 valence electrons. The van der Waals surface area contributed by atoms with Gasteiger partial charge < -0.3 is 19.7 Å². The molecule has 1 amide bonds. The molecule has 0 aliphatic carbocycles. The second-order valence-electron chi connectivity index (χ2n) is 8.89. The molecule has 2 N–H and O–H groups in total. The molecule has 35 heavy (non-hydrogen) atoms. The van der Waals surface area contributed by atoms with Crippen LogP contribution in [-0.2, 0) is 30.1 Å². The van der Waals surface area contributed by atoms with Crippen LogP contribution in [0.15, 0.2) is 48.9 Å². The van der Waals surface area contributed by atoms with E-state index in [1.54, 1.807) is 0 Å². The SMILES string of the molecule is CC(C)C[C@H](CC(=O)[C@H](Cc1ccccc1)NC(=O)c1cnccn1)B1OC(=O)C[C@@H](C(=O)O)O1. The van der Waals surface area contributed by atoms with Gasteiger partial charge in [-0.1, -0.05) is 44.2 Å². The summed E-state index contributed by atoms with van der Waals surface area (Å²) in [4.78, 5) is 57.6. The number of ketones is 1. The monoisotopic (exact) mass is 481 g/mol. The number of carbonyl (C=O) groups excluding carboxylic acids is 3. The molecule has 0 radical (unpaired) electrons. The lowest BCUT2D eigenvalue weighted by Gasteiger charge is -2.31. The quantitative estimate of drug-likeness (QED) is 0.461. The summed E-state index contributed by atoms with van der Waals surface area (Å²) in [6, 6.07) is 8.34. The van der Waals surface area contributed by atoms with Gasteiger partial charge in [-0.3, -0.25) is 19.4 Å². The molecule has 0 saturated carbocycles. The average molecular weight is 481 g/mol. The third-order valence-electron chi connectivity index (χ3n) is 5.57. The van der Waals surface area contributed by atoms with Gasteiger partial charge in [-0.05, 0) is 24.3 Å². The second-order valence-corrected chi connectivity index (χ2v) is 8.89. The number of carboxylic acids is 1. The van der Waals surface area contributed by atoms with Crippen LogP contribution in [0.25, 0.3) is 0 Å². The maximum atomic E-state index is 13.5. The lowest BCUT2D eigenvalue weighted by atomic mass is 9.64. The zero-order valence-electron chi connectivity index (χ0n) is 19.6. The van der Waals surface area contributed by atoms with Gasteiger partial charge in [-0.25, -0.2) is 9.78 Å². The van der Waals surface area contributed by atoms with Crippen LogP contribution in [0, 0.1) is 5.92 Å². The highest BCUT2D eigenvalue weighted by molar-refractivity contribution is 6.50. The summed E-state index contributed by atoms with van der Waals surface area (Å²) in [6.07, 6.45) is 3.02. The number of Topliss-reactive ketones (excluding diaryl/α,β-unsaturated/α-hetero) is 1. The Balaban J connectivity index is 1.80. The average Bonchev–Trinajstić information content (AvgIpc) is 2.83. The van der Waals surface area contributed by atoms with Crippen LogP contribution in [0.5, 0.6) is 0 Å². The standard InChI is InChI=1S/C24H28BN3O7/c1-15(2)10-17(25-34-21(24(32)33)13-22(30)35-25)12-20(29)18(11-16-6-4-3-5-7-16)28-23(31)19-14-26-8-9-27-19/h3-9,14-15,17-18,21H,10-13H2,1-2H3,(H,28,31)(H,32,33)/t17-,18+,21+/m1/s1. The number of hydrogen-bond donors (Lipinski definition) is 2. The Morgan fingerprint density at radius 3 is 2.57 bits per heavy atom. The molecule has 1 aromatic carbocycles. The molecule has 0 spiro atoms. The van der Waals surface area contributed by atoms with Gasteiger partial charge in [0, 0.05) is 24.6 Å². The Labute approximate surface area is 203 Å². The molecule has 0 unspecified atom stereocenters. The van der Waals surface area contributed by atoms with Crippen molar-refractivity contribution < 1.29 is 33.6 Å². The van der Waals surface area contributed by atoms with E-state index in [2.05, 4.69) is 15.3 Å². The van der Waals surface area contributed by atoms with Gasteiger partial charge in [0.25, 0.3) is 11.9 Å². The van der Waals surface area contributed by atoms with E-state index in [0.29, 0.717) is 6.42 Å². The summed E-state index contributed by atoms with van der Waals surface area (Å²) in [7, 11) is -1.17. The highest BCUT2D eigenvalue weighted by atomic mass is 16.6. The Morgan fingerprint density at radius 2 is 1.94 bits per heavy atom. The summed E-state index contributed by atoms with van der Waals surface area (Å²) in [5.74, 6) is -3.26. The third-order valence-corrected chi connectivity index (χ3v) is 5.57. The Bertz CT molecular complexity index is 1040. The van der Waals surface area contributed by atoms with Gasteiger partial charge in [-0.15, -0.1) is 0 Å². The first-order chi connectivity index (χ1) is 16.7. The van der Waals surface area contributed by atoms with E-state index in [-0.39, 0.29) is 36.7 Å². The van der Waals surface area contributed by atoms with E-state index in [1.807, 2.05) is 44.2 Å². The fourth-order valence-electron chi connectivity index (χ4n) is 3.96. The first kappa shape index (κ1) is 26.0. The zero-order chi connectivity index (χ0) is 25.4. The van der Waals surface area contributed by atoms with Crippen LogP contribution in [0.1, 0.15) is 49.2 Å². The molecule has 1 aromatic heterocycles. The lowest BCUT2D eigenvalue weighted by Crippen LogP contribution is -2.47. The molecule has 1 fully saturated rings. The van der Waals surface area contributed by atoms with Crippen LogP contribution in [0.3, 0.4) is 0 Å². The molecule has 1 saturated heterocycles. The van der Waals surface area contributed by atoms with Gasteiger partial charge in [0.05, 0.1) is 18.7 Å². The van der Waals surface area contributed by atoms with Crippen molar-refractivity contribution in [3.63, 3.8) is 0 Å². The van der Waals surface area contributed by atoms with Crippen molar-refractivity contribution in [2.45, 2.75) is 57.5 Å². The predicted molar refractivity (Wildman–Crippen MR) is 125 cm³/mol. The number of nitrogens with zero attached hydrogens (tertiary/aromatic N) is 2. The second kappa shape index (κ2) is 12.2. The predicted octanol–water partition coefficient (Wildman–Crippen LogP) is 2.10. The Hall–Kier alpha value is -3.60. The number of amides is 1. The van der Waals surface area contributed by atoms with Crippen LogP contribution in [-0.4, -0.2) is 58.0 Å². The molecule has 3 rings (SSSR count). The largest absolute Gasteiger partial charge is 0.531 e. The van der Waals surface area contributed by atoms with Crippen LogP contribution in [0.2, 0.25) is 5.82 Å². The zero-order valence-corrected chi connectivity index (χ0v) is 19.6. The highest BCUT2D eigenvalue weighted by Gasteiger charge is 2.44. The van der Waals surface area contributed by atoms with Crippen molar-refractivity contribution in [2.24, 2.45) is 5.92 Å². The van der Waals surface area contributed by atoms with Crippen molar-refractivity contribution in [2.75, 3.05) is 0 Å². The Morgan fingerprint density at radius 1 is 1.20 bits per heavy atom. The molecule has 10 nitrogen and oxygen atoms in total. The van der Waals surface area contributed by atoms with E-state index < -0.39 is 42.9 Å². The first-order valence-corrected chi connectivity index (χ1v) is 11.4. The maximum absolute atomic E-state index is 13.5. The minimum absolute atomic E-state index is 0.0749. The molecular weight excluding hydrogens is 453 g/mol. The third kappa shape index (κ3) is 7.71. The summed E-state index contributed by atoms with van der Waals surface area (Å²) in [5, 5.41) is 12.1. The fourth-order valence-corrected chi connectivity index (χ4v) is 3.96. The summed E-state index contributed by atoms with van der Waals surface area (Å²) in [5.41, 5.74) is 0.919. The lowest BCUT2D eigenvalue weighted by molar-refractivity contribution is -0.157. The smallest absolute Gasteiger partial charge is 0.509 e. The molecule has 3 atom stereocenters. The van der Waals surface area contributed by atoms with Gasteiger partial charge in [-0.2, -0.15) is 0 Å². The highest BCUT2D eigenvalue weighted by Crippen LogP contribution is 2.31. The van der Waals surface area contributed by atoms with Gasteiger partial charge in [0.1, 0.15) is 5.69 Å². The van der Waals surface area contributed by atoms with Crippen LogP contribution >= 0.6 is 0 Å². The van der Waals surface area contributed by atoms with Crippen molar-refractivity contribution in [1.29, 1.82) is 0 Å². The molecule has 0 bridgehead atoms. The molecule has 1 aliphatic rings. The van der Waals surface area contributed by atoms with Crippen LogP contribution < -0.4 is 5.32 Å². The van der Waals surface area contributed by atoms with Crippen molar-refractivity contribution in [3.05, 3.63) is 60.2 Å². The van der Waals surface area contributed by atoms with Gasteiger partial charge in [0.2, 0.25) is 0 Å². The number of carboxylic acid groups (broad SMARTS) is 1. The van der Waals surface area contributed by atoms with E-state index in [9.17, 15) is 24.3 Å². The summed E-state index contributed by atoms with van der Waals surface area (Å²) < 4.78 is 10.8. The summed E-state index contributed by atoms with van der Waals surface area (Å²) in [6.45, 7) is 3.88. The fraction of sp³-hybridized carbons (Fsp3) is 0.417. The number of rotatable bonds is 11. The van der Waals surface area contributed by atoms with E-state index in [1.165, 1.54) is 18.6 Å². The number of hydrogen-bond acceptors (Lipinski definition) is 8. The minimum atomic E-state index is -1.33. The number of carbonyl (C=O) groups is 4. The number of aliphatic carboxylic acids is 1. The van der Waals surface area contributed by atoms with Crippen molar-refractivity contribution in [3.8, 4) is 0 Å². The number of nitrogens with one attached hydrogen (secondary N) is 1. The van der Waals surface area contributed by atoms with E-state index in [0.717, 1.165) is 5.56 Å². The van der Waals surface area contributed by atoms with Crippen LogP contribution in [0.4, 0.5) is 0 Å². The number of aromatic nitrogens is 2. The molecule has 2 aromatic rings. The Kier molecular flexibility index (Phi) is 9.08. The molecule has 11 heteroatoms. The number of benzene rings is 1. The topological polar surface area (TPSA) is 145 Å². The minimum Gasteiger partial charge on any atom is -0.509 e. The maximum Gasteiger partial charge on any atom is 0.531 e.